The third kappa shape index (κ3) is 1.71. The van der Waals surface area contributed by atoms with Gasteiger partial charge in [0.1, 0.15) is 10.3 Å². The molecule has 0 atom stereocenters. The normalized spacial score (nSPS) is 11.1. The van der Waals surface area contributed by atoms with Crippen LogP contribution in [-0.4, -0.2) is 23.6 Å². The molecule has 1 aromatic carbocycles. The van der Waals surface area contributed by atoms with Gasteiger partial charge in [-0.15, -0.1) is 0 Å². The van der Waals surface area contributed by atoms with E-state index in [9.17, 15) is 0 Å². The van der Waals surface area contributed by atoms with Crippen molar-refractivity contribution < 1.29 is 9.47 Å². The van der Waals surface area contributed by atoms with Crippen LogP contribution in [0.2, 0.25) is 0 Å². The first-order chi connectivity index (χ1) is 8.71. The molecule has 4 nitrogen and oxygen atoms in total. The summed E-state index contributed by atoms with van der Waals surface area (Å²) in [5.74, 6) is 1.45. The lowest BCUT2D eigenvalue weighted by Gasteiger charge is -2.09. The van der Waals surface area contributed by atoms with E-state index in [0.29, 0.717) is 0 Å². The van der Waals surface area contributed by atoms with Crippen molar-refractivity contribution in [2.45, 2.75) is 0 Å². The van der Waals surface area contributed by atoms with Gasteiger partial charge in [-0.3, -0.25) is 0 Å². The van der Waals surface area contributed by atoms with E-state index in [2.05, 4.69) is 20.9 Å². The zero-order chi connectivity index (χ0) is 12.7. The predicted octanol–water partition coefficient (Wildman–Crippen LogP) is 3.27. The molecule has 0 aliphatic rings. The molecular formula is C13H11BrN2O2. The number of pyridine rings is 1. The van der Waals surface area contributed by atoms with Crippen LogP contribution in [0.5, 0.6) is 11.5 Å². The summed E-state index contributed by atoms with van der Waals surface area (Å²) >= 11 is 3.37. The van der Waals surface area contributed by atoms with Gasteiger partial charge in [-0.1, -0.05) is 0 Å². The van der Waals surface area contributed by atoms with Gasteiger partial charge < -0.3 is 13.9 Å². The van der Waals surface area contributed by atoms with Crippen LogP contribution in [0.25, 0.3) is 16.4 Å². The van der Waals surface area contributed by atoms with Crippen molar-refractivity contribution in [2.24, 2.45) is 0 Å². The van der Waals surface area contributed by atoms with Crippen molar-refractivity contribution in [1.82, 2.24) is 9.38 Å². The Morgan fingerprint density at radius 3 is 2.33 bits per heavy atom. The van der Waals surface area contributed by atoms with E-state index in [4.69, 9.17) is 9.47 Å². The van der Waals surface area contributed by atoms with Gasteiger partial charge in [-0.05, 0) is 39.5 Å². The van der Waals surface area contributed by atoms with E-state index in [1.807, 2.05) is 35.0 Å². The lowest BCUT2D eigenvalue weighted by atomic mass is 10.1. The Morgan fingerprint density at radius 1 is 1.00 bits per heavy atom. The quantitative estimate of drug-likeness (QED) is 0.729. The van der Waals surface area contributed by atoms with Gasteiger partial charge >= 0.3 is 0 Å². The average molecular weight is 307 g/mol. The van der Waals surface area contributed by atoms with Crippen LogP contribution >= 0.6 is 15.9 Å². The third-order valence-electron chi connectivity index (χ3n) is 2.88. The maximum atomic E-state index is 5.30. The van der Waals surface area contributed by atoms with Gasteiger partial charge in [-0.25, -0.2) is 4.98 Å². The minimum Gasteiger partial charge on any atom is -0.493 e. The number of hydrogen-bond acceptors (Lipinski definition) is 3. The first-order valence-corrected chi connectivity index (χ1v) is 6.20. The molecule has 3 aromatic rings. The second-order valence-electron chi connectivity index (χ2n) is 3.94. The Balaban J connectivity index is 2.35. The number of hydrogen-bond donors (Lipinski definition) is 0. The second kappa shape index (κ2) is 4.17. The molecule has 2 heterocycles. The SMILES string of the molecule is COc1cc2cc3nc(Br)cn3cc2cc1OC. The summed E-state index contributed by atoms with van der Waals surface area (Å²) in [6.07, 6.45) is 3.94. The smallest absolute Gasteiger partial charge is 0.161 e. The Hall–Kier alpha value is -1.75. The number of fused-ring (bicyclic) bond motifs is 2. The number of rotatable bonds is 2. The Bertz CT molecular complexity index is 676. The summed E-state index contributed by atoms with van der Waals surface area (Å²) in [7, 11) is 3.27. The fourth-order valence-electron chi connectivity index (χ4n) is 2.02. The van der Waals surface area contributed by atoms with Crippen molar-refractivity contribution in [3.8, 4) is 11.5 Å². The topological polar surface area (TPSA) is 35.8 Å². The summed E-state index contributed by atoms with van der Waals surface area (Å²) in [6.45, 7) is 0. The van der Waals surface area contributed by atoms with Crippen molar-refractivity contribution in [3.05, 3.63) is 35.2 Å². The van der Waals surface area contributed by atoms with Crippen LogP contribution in [0.3, 0.4) is 0 Å². The molecule has 5 heteroatoms. The lowest BCUT2D eigenvalue weighted by molar-refractivity contribution is 0.356. The number of benzene rings is 1. The molecule has 0 amide bonds. The van der Waals surface area contributed by atoms with Crippen LogP contribution < -0.4 is 9.47 Å². The first kappa shape index (κ1) is 11.3. The molecule has 3 rings (SSSR count). The minimum absolute atomic E-state index is 0.722. The number of ether oxygens (including phenoxy) is 2. The zero-order valence-corrected chi connectivity index (χ0v) is 11.6. The molecule has 0 spiro atoms. The molecule has 0 saturated heterocycles. The van der Waals surface area contributed by atoms with E-state index >= 15 is 0 Å². The molecule has 0 bridgehead atoms. The van der Waals surface area contributed by atoms with Gasteiger partial charge in [0.15, 0.2) is 11.5 Å². The predicted molar refractivity (Wildman–Crippen MR) is 73.5 cm³/mol. The number of methoxy groups -OCH3 is 2. The molecule has 0 radical (unpaired) electrons. The number of aromatic nitrogens is 2. The molecule has 0 fully saturated rings. The summed E-state index contributed by atoms with van der Waals surface area (Å²) in [5.41, 5.74) is 0.890. The van der Waals surface area contributed by atoms with Crippen LogP contribution in [0.1, 0.15) is 0 Å². The highest BCUT2D eigenvalue weighted by Crippen LogP contribution is 2.32. The van der Waals surface area contributed by atoms with E-state index in [1.54, 1.807) is 14.2 Å². The standard InChI is InChI=1S/C13H11BrN2O2/c1-17-10-3-8-5-13-15-12(14)7-16(13)6-9(8)4-11(10)18-2/h3-7H,1-2H3. The van der Waals surface area contributed by atoms with E-state index in [-0.39, 0.29) is 0 Å². The van der Waals surface area contributed by atoms with Crippen molar-refractivity contribution in [3.63, 3.8) is 0 Å². The molecule has 0 N–H and O–H groups in total. The largest absolute Gasteiger partial charge is 0.493 e. The molecule has 0 aliphatic carbocycles. The summed E-state index contributed by atoms with van der Waals surface area (Å²) in [4.78, 5) is 4.37. The Labute approximate surface area is 112 Å². The fraction of sp³-hybridized carbons (Fsp3) is 0.154. The zero-order valence-electron chi connectivity index (χ0n) is 9.98. The van der Waals surface area contributed by atoms with E-state index < -0.39 is 0 Å². The molecule has 2 aromatic heterocycles. The van der Waals surface area contributed by atoms with Gasteiger partial charge in [-0.2, -0.15) is 0 Å². The van der Waals surface area contributed by atoms with Gasteiger partial charge in [0.05, 0.1) is 14.2 Å². The van der Waals surface area contributed by atoms with Gasteiger partial charge in [0.2, 0.25) is 0 Å². The van der Waals surface area contributed by atoms with Crippen molar-refractivity contribution in [2.75, 3.05) is 14.2 Å². The molecular weight excluding hydrogens is 296 g/mol. The number of halogens is 1. The minimum atomic E-state index is 0.722. The molecule has 18 heavy (non-hydrogen) atoms. The van der Waals surface area contributed by atoms with Crippen molar-refractivity contribution in [1.29, 1.82) is 0 Å². The lowest BCUT2D eigenvalue weighted by Crippen LogP contribution is -1.91. The highest BCUT2D eigenvalue weighted by molar-refractivity contribution is 9.10. The van der Waals surface area contributed by atoms with Crippen molar-refractivity contribution >= 4 is 32.3 Å². The van der Waals surface area contributed by atoms with Crippen LogP contribution in [0, 0.1) is 0 Å². The van der Waals surface area contributed by atoms with Crippen LogP contribution in [-0.2, 0) is 0 Å². The molecule has 0 saturated carbocycles. The molecule has 92 valence electrons. The fourth-order valence-corrected chi connectivity index (χ4v) is 2.43. The Kier molecular flexibility index (Phi) is 2.63. The molecule has 0 aliphatic heterocycles. The average Bonchev–Trinajstić information content (AvgIpc) is 2.73. The monoisotopic (exact) mass is 306 g/mol. The van der Waals surface area contributed by atoms with E-state index in [1.165, 1.54) is 0 Å². The van der Waals surface area contributed by atoms with Gasteiger partial charge in [0.25, 0.3) is 0 Å². The highest BCUT2D eigenvalue weighted by atomic mass is 79.9. The number of nitrogens with zero attached hydrogens (tertiary/aromatic N) is 2. The highest BCUT2D eigenvalue weighted by Gasteiger charge is 2.08. The molecule has 0 unspecified atom stereocenters. The van der Waals surface area contributed by atoms with Gasteiger partial charge in [0, 0.05) is 17.8 Å². The summed E-state index contributed by atoms with van der Waals surface area (Å²) < 4.78 is 13.4. The maximum Gasteiger partial charge on any atom is 0.161 e. The van der Waals surface area contributed by atoms with Crippen LogP contribution in [0.4, 0.5) is 0 Å². The third-order valence-corrected chi connectivity index (χ3v) is 3.27. The van der Waals surface area contributed by atoms with E-state index in [0.717, 1.165) is 32.5 Å². The first-order valence-electron chi connectivity index (χ1n) is 5.41. The summed E-state index contributed by atoms with van der Waals surface area (Å²) in [6, 6.07) is 5.93. The number of imidazole rings is 1. The summed E-state index contributed by atoms with van der Waals surface area (Å²) in [5, 5.41) is 2.14. The Morgan fingerprint density at radius 2 is 1.67 bits per heavy atom. The van der Waals surface area contributed by atoms with Crippen LogP contribution in [0.15, 0.2) is 35.2 Å². The maximum absolute atomic E-state index is 5.30. The second-order valence-corrected chi connectivity index (χ2v) is 4.75.